The van der Waals surface area contributed by atoms with E-state index < -0.39 is 5.91 Å². The fourth-order valence-corrected chi connectivity index (χ4v) is 2.89. The number of aromatic amines is 1. The van der Waals surface area contributed by atoms with Crippen molar-refractivity contribution in [3.8, 4) is 28.8 Å². The molecule has 1 aromatic heterocycles. The van der Waals surface area contributed by atoms with Crippen LogP contribution in [-0.2, 0) is 0 Å². The number of carbonyl (C=O) groups is 1. The first-order valence-electron chi connectivity index (χ1n) is 8.13. The number of benzene rings is 2. The largest absolute Gasteiger partial charge is 0.496 e. The van der Waals surface area contributed by atoms with Crippen LogP contribution in [-0.4, -0.2) is 18.0 Å². The van der Waals surface area contributed by atoms with Gasteiger partial charge in [0.1, 0.15) is 23.2 Å². The van der Waals surface area contributed by atoms with Gasteiger partial charge in [0.15, 0.2) is 0 Å². The van der Waals surface area contributed by atoms with Crippen molar-refractivity contribution in [2.45, 2.75) is 6.92 Å². The number of aryl methyl sites for hydroxylation is 1. The molecule has 3 aromatic rings. The molecule has 0 aliphatic rings. The summed E-state index contributed by atoms with van der Waals surface area (Å²) < 4.78 is 5.22. The van der Waals surface area contributed by atoms with Crippen molar-refractivity contribution >= 4 is 11.7 Å². The summed E-state index contributed by atoms with van der Waals surface area (Å²) >= 11 is 0. The lowest BCUT2D eigenvalue weighted by Gasteiger charge is -2.08. The van der Waals surface area contributed by atoms with Crippen molar-refractivity contribution in [3.63, 3.8) is 0 Å². The summed E-state index contributed by atoms with van der Waals surface area (Å²) in [6.07, 6.45) is 0. The minimum atomic E-state index is -0.426. The smallest absolute Gasteiger partial charge is 0.260 e. The van der Waals surface area contributed by atoms with Gasteiger partial charge in [-0.15, -0.1) is 0 Å². The Kier molecular flexibility index (Phi) is 5.11. The van der Waals surface area contributed by atoms with E-state index in [1.54, 1.807) is 24.3 Å². The van der Waals surface area contributed by atoms with Crippen molar-refractivity contribution < 1.29 is 14.4 Å². The summed E-state index contributed by atoms with van der Waals surface area (Å²) in [5.41, 5.74) is 2.78. The molecule has 27 heavy (non-hydrogen) atoms. The molecule has 0 fully saturated rings. The molecule has 3 rings (SSSR count). The van der Waals surface area contributed by atoms with E-state index in [0.717, 1.165) is 11.1 Å². The number of hydrogen-bond donors (Lipinski definition) is 3. The molecule has 0 saturated heterocycles. The highest BCUT2D eigenvalue weighted by atomic mass is 16.6. The van der Waals surface area contributed by atoms with E-state index in [1.807, 2.05) is 31.2 Å². The maximum absolute atomic E-state index is 12.7. The fourth-order valence-electron chi connectivity index (χ4n) is 2.89. The number of methoxy groups -OCH3 is 1. The molecule has 7 heteroatoms. The van der Waals surface area contributed by atoms with Crippen molar-refractivity contribution in [2.75, 3.05) is 12.4 Å². The number of amides is 1. The number of carbonyl (C=O) groups excluding carboxylic acids is 1. The van der Waals surface area contributed by atoms with Crippen LogP contribution >= 0.6 is 0 Å². The summed E-state index contributed by atoms with van der Waals surface area (Å²) in [5, 5.41) is 12.4. The quantitative estimate of drug-likeness (QED) is 0.602. The summed E-state index contributed by atoms with van der Waals surface area (Å²) in [6, 6.07) is 16.4. The highest BCUT2D eigenvalue weighted by Gasteiger charge is 2.23. The Hall–Kier alpha value is -3.76. The summed E-state index contributed by atoms with van der Waals surface area (Å²) in [7, 11) is 1.48. The van der Waals surface area contributed by atoms with Crippen LogP contribution in [0.25, 0.3) is 11.1 Å². The van der Waals surface area contributed by atoms with Crippen LogP contribution in [0.3, 0.4) is 0 Å². The lowest BCUT2D eigenvalue weighted by Crippen LogP contribution is -2.14. The molecule has 136 valence electrons. The number of nitrogens with zero attached hydrogens (tertiary/aromatic N) is 1. The van der Waals surface area contributed by atoms with Gasteiger partial charge in [-0.1, -0.05) is 36.4 Å². The number of hydrogen-bond acceptors (Lipinski definition) is 5. The highest BCUT2D eigenvalue weighted by Crippen LogP contribution is 2.39. The molecule has 4 N–H and O–H groups in total. The molecule has 0 saturated carbocycles. The van der Waals surface area contributed by atoms with Crippen LogP contribution in [0.15, 0.2) is 48.5 Å². The van der Waals surface area contributed by atoms with E-state index >= 15 is 0 Å². The van der Waals surface area contributed by atoms with E-state index in [-0.39, 0.29) is 17.3 Å². The van der Waals surface area contributed by atoms with Crippen LogP contribution < -0.4 is 20.8 Å². The molecule has 0 aliphatic heterocycles. The first-order chi connectivity index (χ1) is 13.1. The second-order valence-corrected chi connectivity index (χ2v) is 5.78. The Morgan fingerprint density at radius 3 is 2.56 bits per heavy atom. The lowest BCUT2D eigenvalue weighted by molar-refractivity contribution is 0.102. The van der Waals surface area contributed by atoms with Crippen molar-refractivity contribution in [1.29, 1.82) is 5.26 Å². The first kappa shape index (κ1) is 18.0. The monoisotopic (exact) mass is 362 g/mol. The second kappa shape index (κ2) is 7.64. The number of aromatic nitrogens is 1. The van der Waals surface area contributed by atoms with Gasteiger partial charge >= 0.3 is 0 Å². The molecule has 7 nitrogen and oxygen atoms in total. The molecular weight excluding hydrogens is 344 g/mol. The van der Waals surface area contributed by atoms with Gasteiger partial charge in [-0.25, -0.2) is 0 Å². The number of nitrogens with two attached hydrogens (primary N) is 1. The maximum atomic E-state index is 12.7. The number of anilines is 1. The van der Waals surface area contributed by atoms with Gasteiger partial charge in [-0.2, -0.15) is 11.2 Å². The number of para-hydroxylation sites is 1. The van der Waals surface area contributed by atoms with Gasteiger partial charge in [0.25, 0.3) is 5.91 Å². The predicted octanol–water partition coefficient (Wildman–Crippen LogP) is 3.38. The van der Waals surface area contributed by atoms with Crippen molar-refractivity contribution in [3.05, 3.63) is 65.2 Å². The van der Waals surface area contributed by atoms with E-state index in [2.05, 4.69) is 16.4 Å². The predicted molar refractivity (Wildman–Crippen MR) is 101 cm³/mol. The van der Waals surface area contributed by atoms with Crippen LogP contribution in [0.2, 0.25) is 0 Å². The average Bonchev–Trinajstić information content (AvgIpc) is 3.05. The third kappa shape index (κ3) is 3.34. The van der Waals surface area contributed by atoms with Crippen LogP contribution in [0.5, 0.6) is 11.6 Å². The normalized spacial score (nSPS) is 10.1. The molecule has 0 bridgehead atoms. The molecule has 0 spiro atoms. The van der Waals surface area contributed by atoms with E-state index in [9.17, 15) is 10.1 Å². The minimum Gasteiger partial charge on any atom is -0.496 e. The standard InChI is InChI=1S/C20H18N4O3/c1-12-7-3-4-8-13(12)17-15(11-21)18(24-20(17)27-22)23-19(25)14-9-5-6-10-16(14)26-2/h3-10,24H,22H2,1-2H3,(H,23,25). The topological polar surface area (TPSA) is 113 Å². The number of nitrogens with one attached hydrogen (secondary N) is 2. The van der Waals surface area contributed by atoms with Gasteiger partial charge in [-0.3, -0.25) is 4.79 Å². The minimum absolute atomic E-state index is 0.191. The van der Waals surface area contributed by atoms with Gasteiger partial charge in [0.2, 0.25) is 5.88 Å². The molecule has 0 unspecified atom stereocenters. The fraction of sp³-hybridized carbons (Fsp3) is 0.100. The first-order valence-corrected chi connectivity index (χ1v) is 8.13. The number of H-pyrrole nitrogens is 1. The van der Waals surface area contributed by atoms with Gasteiger partial charge in [0, 0.05) is 0 Å². The lowest BCUT2D eigenvalue weighted by atomic mass is 9.99. The molecular formula is C20H18N4O3. The molecule has 1 amide bonds. The third-order valence-electron chi connectivity index (χ3n) is 4.20. The zero-order chi connectivity index (χ0) is 19.4. The highest BCUT2D eigenvalue weighted by molar-refractivity contribution is 6.07. The summed E-state index contributed by atoms with van der Waals surface area (Å²) in [4.78, 5) is 20.5. The molecule has 0 aliphatic carbocycles. The number of rotatable bonds is 5. The Bertz CT molecular complexity index is 1030. The van der Waals surface area contributed by atoms with E-state index in [0.29, 0.717) is 16.9 Å². The zero-order valence-electron chi connectivity index (χ0n) is 14.9. The van der Waals surface area contributed by atoms with Crippen LogP contribution in [0.1, 0.15) is 21.5 Å². The number of ether oxygens (including phenoxy) is 1. The molecule has 2 aromatic carbocycles. The average molecular weight is 362 g/mol. The second-order valence-electron chi connectivity index (χ2n) is 5.78. The van der Waals surface area contributed by atoms with E-state index in [4.69, 9.17) is 15.5 Å². The summed E-state index contributed by atoms with van der Waals surface area (Å²) in [6.45, 7) is 1.91. The Balaban J connectivity index is 2.06. The van der Waals surface area contributed by atoms with Crippen molar-refractivity contribution in [1.82, 2.24) is 4.98 Å². The Morgan fingerprint density at radius 2 is 1.89 bits per heavy atom. The molecule has 1 heterocycles. The SMILES string of the molecule is COc1ccccc1C(=O)Nc1[nH]c(ON)c(-c2ccccc2C)c1C#N. The maximum Gasteiger partial charge on any atom is 0.260 e. The van der Waals surface area contributed by atoms with Gasteiger partial charge < -0.3 is 19.9 Å². The molecule has 0 radical (unpaired) electrons. The van der Waals surface area contributed by atoms with Crippen LogP contribution in [0.4, 0.5) is 5.82 Å². The number of nitriles is 1. The van der Waals surface area contributed by atoms with Crippen LogP contribution in [0, 0.1) is 18.3 Å². The van der Waals surface area contributed by atoms with Crippen molar-refractivity contribution in [2.24, 2.45) is 5.90 Å². The zero-order valence-corrected chi connectivity index (χ0v) is 14.9. The third-order valence-corrected chi connectivity index (χ3v) is 4.20. The van der Waals surface area contributed by atoms with Gasteiger partial charge in [-0.05, 0) is 30.2 Å². The Labute approximate surface area is 156 Å². The Morgan fingerprint density at radius 1 is 1.19 bits per heavy atom. The summed E-state index contributed by atoms with van der Waals surface area (Å²) in [5.74, 6) is 5.78. The van der Waals surface area contributed by atoms with E-state index in [1.165, 1.54) is 7.11 Å². The molecule has 0 atom stereocenters. The van der Waals surface area contributed by atoms with Gasteiger partial charge in [0.05, 0.1) is 18.2 Å².